The zero-order valence-corrected chi connectivity index (χ0v) is 15.8. The highest BCUT2D eigenvalue weighted by Crippen LogP contribution is 2.58. The van der Waals surface area contributed by atoms with E-state index in [1.54, 1.807) is 0 Å². The van der Waals surface area contributed by atoms with Crippen LogP contribution in [0.3, 0.4) is 0 Å². The molecule has 7 heteroatoms. The van der Waals surface area contributed by atoms with Gasteiger partial charge in [-0.2, -0.15) is 0 Å². The molecule has 4 nitrogen and oxygen atoms in total. The summed E-state index contributed by atoms with van der Waals surface area (Å²) in [4.78, 5) is 14.5. The Hall–Kier alpha value is -0.680. The molecule has 1 saturated carbocycles. The van der Waals surface area contributed by atoms with Gasteiger partial charge in [0, 0.05) is 20.0 Å². The van der Waals surface area contributed by atoms with Gasteiger partial charge < -0.3 is 15.5 Å². The number of hydrogen-bond donors (Lipinski definition) is 2. The van der Waals surface area contributed by atoms with E-state index in [1.807, 2.05) is 37.2 Å². The normalized spacial score (nSPS) is 20.9. The third kappa shape index (κ3) is 4.05. The zero-order chi connectivity index (χ0) is 15.0. The summed E-state index contributed by atoms with van der Waals surface area (Å²) < 4.78 is 0. The summed E-state index contributed by atoms with van der Waals surface area (Å²) >= 11 is 6.24. The Morgan fingerprint density at radius 1 is 1.30 bits per heavy atom. The molecule has 2 N–H and O–H groups in total. The molecule has 2 aliphatic rings. The first-order valence-electron chi connectivity index (χ1n) is 7.51. The maximum Gasteiger partial charge on any atom is 0.228 e. The van der Waals surface area contributed by atoms with E-state index < -0.39 is 0 Å². The average Bonchev–Trinajstić information content (AvgIpc) is 3.13. The Labute approximate surface area is 155 Å². The van der Waals surface area contributed by atoms with Crippen molar-refractivity contribution in [2.75, 3.05) is 37.4 Å². The first-order chi connectivity index (χ1) is 10.0. The van der Waals surface area contributed by atoms with E-state index in [1.165, 1.54) is 0 Å². The van der Waals surface area contributed by atoms with Crippen molar-refractivity contribution in [1.29, 1.82) is 0 Å². The highest BCUT2D eigenvalue weighted by molar-refractivity contribution is 6.34. The van der Waals surface area contributed by atoms with Crippen LogP contribution >= 0.6 is 36.4 Å². The Kier molecular flexibility index (Phi) is 7.02. The molecule has 130 valence electrons. The Morgan fingerprint density at radius 3 is 2.57 bits per heavy atom. The molecule has 1 saturated heterocycles. The van der Waals surface area contributed by atoms with Gasteiger partial charge in [0.2, 0.25) is 5.91 Å². The molecular formula is C16H24Cl3N3O. The highest BCUT2D eigenvalue weighted by atomic mass is 35.5. The van der Waals surface area contributed by atoms with E-state index in [9.17, 15) is 4.79 Å². The van der Waals surface area contributed by atoms with E-state index in [0.29, 0.717) is 5.02 Å². The lowest BCUT2D eigenvalue weighted by Crippen LogP contribution is -2.31. The fraction of sp³-hybridized carbons (Fsp3) is 0.562. The minimum absolute atomic E-state index is 0. The topological polar surface area (TPSA) is 44.4 Å². The van der Waals surface area contributed by atoms with Crippen LogP contribution in [-0.4, -0.2) is 33.1 Å². The Balaban J connectivity index is 0.00000132. The number of carbonyl (C=O) groups excluding carboxylic acids is 1. The SMILES string of the molecule is CN(C)c1c(Cl)cccc1NC(=O)C1CC12CCNCC2.Cl.Cl. The van der Waals surface area contributed by atoms with Gasteiger partial charge in [0.05, 0.1) is 16.4 Å². The van der Waals surface area contributed by atoms with Gasteiger partial charge in [-0.1, -0.05) is 17.7 Å². The predicted octanol–water partition coefficient (Wildman–Crippen LogP) is 3.58. The quantitative estimate of drug-likeness (QED) is 0.842. The number of piperidine rings is 1. The summed E-state index contributed by atoms with van der Waals surface area (Å²) in [7, 11) is 3.87. The van der Waals surface area contributed by atoms with Crippen molar-refractivity contribution in [2.24, 2.45) is 11.3 Å². The van der Waals surface area contributed by atoms with Crippen LogP contribution in [0.4, 0.5) is 11.4 Å². The molecule has 1 aromatic carbocycles. The highest BCUT2D eigenvalue weighted by Gasteiger charge is 2.57. The van der Waals surface area contributed by atoms with Gasteiger partial charge in [-0.15, -0.1) is 24.8 Å². The molecule has 2 fully saturated rings. The lowest BCUT2D eigenvalue weighted by atomic mass is 9.92. The number of amides is 1. The first-order valence-corrected chi connectivity index (χ1v) is 7.89. The van der Waals surface area contributed by atoms with Gasteiger partial charge in [0.15, 0.2) is 0 Å². The molecule has 1 aromatic rings. The lowest BCUT2D eigenvalue weighted by Gasteiger charge is -2.24. The number of benzene rings is 1. The molecule has 1 aliphatic carbocycles. The van der Waals surface area contributed by atoms with Crippen molar-refractivity contribution in [3.8, 4) is 0 Å². The van der Waals surface area contributed by atoms with E-state index >= 15 is 0 Å². The summed E-state index contributed by atoms with van der Waals surface area (Å²) in [6.45, 7) is 2.06. The monoisotopic (exact) mass is 379 g/mol. The Morgan fingerprint density at radius 2 is 1.96 bits per heavy atom. The first kappa shape index (κ1) is 20.4. The molecule has 1 amide bonds. The molecule has 0 aromatic heterocycles. The number of anilines is 2. The largest absolute Gasteiger partial charge is 0.375 e. The van der Waals surface area contributed by atoms with E-state index in [-0.39, 0.29) is 42.1 Å². The molecule has 3 rings (SSSR count). The molecule has 1 unspecified atom stereocenters. The fourth-order valence-corrected chi connectivity index (χ4v) is 3.83. The van der Waals surface area contributed by atoms with Crippen LogP contribution in [0.15, 0.2) is 18.2 Å². The van der Waals surface area contributed by atoms with Crippen LogP contribution < -0.4 is 15.5 Å². The van der Waals surface area contributed by atoms with Crippen molar-refractivity contribution in [2.45, 2.75) is 19.3 Å². The van der Waals surface area contributed by atoms with Crippen LogP contribution in [0.1, 0.15) is 19.3 Å². The second-order valence-electron chi connectivity index (χ2n) is 6.39. The minimum Gasteiger partial charge on any atom is -0.375 e. The molecule has 0 radical (unpaired) electrons. The maximum atomic E-state index is 12.5. The van der Waals surface area contributed by atoms with Gasteiger partial charge in [0.1, 0.15) is 0 Å². The van der Waals surface area contributed by atoms with Crippen LogP contribution in [0.5, 0.6) is 0 Å². The van der Waals surface area contributed by atoms with Gasteiger partial charge in [-0.25, -0.2) is 0 Å². The molecule has 1 atom stereocenters. The van der Waals surface area contributed by atoms with Crippen molar-refractivity contribution >= 4 is 53.7 Å². The standard InChI is InChI=1S/C16H22ClN3O.2ClH/c1-20(2)14-12(17)4-3-5-13(14)19-15(21)11-10-16(11)6-8-18-9-7-16;;/h3-5,11,18H,6-10H2,1-2H3,(H,19,21);2*1H. The van der Waals surface area contributed by atoms with Crippen LogP contribution in [-0.2, 0) is 4.79 Å². The minimum atomic E-state index is 0. The van der Waals surface area contributed by atoms with Crippen molar-refractivity contribution < 1.29 is 4.79 Å². The van der Waals surface area contributed by atoms with E-state index in [2.05, 4.69) is 10.6 Å². The lowest BCUT2D eigenvalue weighted by molar-refractivity contribution is -0.118. The number of rotatable bonds is 3. The number of halogens is 3. The maximum absolute atomic E-state index is 12.5. The smallest absolute Gasteiger partial charge is 0.228 e. The van der Waals surface area contributed by atoms with Gasteiger partial charge in [-0.05, 0) is 49.9 Å². The van der Waals surface area contributed by atoms with Crippen molar-refractivity contribution in [3.63, 3.8) is 0 Å². The van der Waals surface area contributed by atoms with Crippen molar-refractivity contribution in [1.82, 2.24) is 5.32 Å². The van der Waals surface area contributed by atoms with E-state index in [0.717, 1.165) is 43.7 Å². The zero-order valence-electron chi connectivity index (χ0n) is 13.4. The number of para-hydroxylation sites is 1. The second-order valence-corrected chi connectivity index (χ2v) is 6.80. The molecule has 23 heavy (non-hydrogen) atoms. The number of nitrogens with one attached hydrogen (secondary N) is 2. The summed E-state index contributed by atoms with van der Waals surface area (Å²) in [5.74, 6) is 0.302. The molecular weight excluding hydrogens is 357 g/mol. The fourth-order valence-electron chi connectivity index (χ4n) is 3.49. The summed E-state index contributed by atoms with van der Waals surface area (Å²) in [5.41, 5.74) is 1.92. The van der Waals surface area contributed by atoms with E-state index in [4.69, 9.17) is 11.6 Å². The van der Waals surface area contributed by atoms with Gasteiger partial charge in [0.25, 0.3) is 0 Å². The van der Waals surface area contributed by atoms with Crippen molar-refractivity contribution in [3.05, 3.63) is 23.2 Å². The number of nitrogens with zero attached hydrogens (tertiary/aromatic N) is 1. The van der Waals surface area contributed by atoms with Gasteiger partial charge >= 0.3 is 0 Å². The van der Waals surface area contributed by atoms with Crippen LogP contribution in [0.2, 0.25) is 5.02 Å². The second kappa shape index (κ2) is 7.93. The number of carbonyl (C=O) groups is 1. The van der Waals surface area contributed by atoms with Crippen LogP contribution in [0.25, 0.3) is 0 Å². The van der Waals surface area contributed by atoms with Crippen LogP contribution in [0, 0.1) is 11.3 Å². The summed E-state index contributed by atoms with van der Waals surface area (Å²) in [6, 6.07) is 5.63. The summed E-state index contributed by atoms with van der Waals surface area (Å²) in [5, 5.41) is 7.10. The predicted molar refractivity (Wildman–Crippen MR) is 102 cm³/mol. The Bertz CT molecular complexity index is 560. The molecule has 1 spiro atoms. The summed E-state index contributed by atoms with van der Waals surface area (Å²) in [6.07, 6.45) is 3.25. The third-order valence-corrected chi connectivity index (χ3v) is 5.10. The molecule has 1 aliphatic heterocycles. The average molecular weight is 381 g/mol. The third-order valence-electron chi connectivity index (χ3n) is 4.80. The molecule has 0 bridgehead atoms. The van der Waals surface area contributed by atoms with Gasteiger partial charge in [-0.3, -0.25) is 4.79 Å². The molecule has 1 heterocycles. The number of hydrogen-bond acceptors (Lipinski definition) is 3.